The van der Waals surface area contributed by atoms with Crippen molar-refractivity contribution in [2.75, 3.05) is 58.7 Å². The molecule has 1 saturated heterocycles. The summed E-state index contributed by atoms with van der Waals surface area (Å²) in [6.45, 7) is 5.12. The van der Waals surface area contributed by atoms with Gasteiger partial charge in [-0.2, -0.15) is 17.5 Å². The zero-order valence-corrected chi connectivity index (χ0v) is 18.7. The summed E-state index contributed by atoms with van der Waals surface area (Å²) in [6, 6.07) is 7.28. The van der Waals surface area contributed by atoms with E-state index in [1.54, 1.807) is 24.1 Å². The number of aliphatic carboxylic acids is 1. The number of halogens is 3. The third-order valence-corrected chi connectivity index (χ3v) is 6.33. The van der Waals surface area contributed by atoms with Gasteiger partial charge < -0.3 is 20.1 Å². The van der Waals surface area contributed by atoms with Crippen molar-refractivity contribution in [2.24, 2.45) is 0 Å². The zero-order valence-electron chi connectivity index (χ0n) is 17.9. The molecule has 1 heterocycles. The van der Waals surface area contributed by atoms with Crippen LogP contribution in [0.25, 0.3) is 0 Å². The van der Waals surface area contributed by atoms with Crippen LogP contribution >= 0.6 is 0 Å². The van der Waals surface area contributed by atoms with Crippen LogP contribution in [0.1, 0.15) is 15.9 Å². The largest absolute Gasteiger partial charge is 0.490 e. The van der Waals surface area contributed by atoms with Crippen molar-refractivity contribution >= 4 is 21.9 Å². The molecule has 0 saturated carbocycles. The highest BCUT2D eigenvalue weighted by Gasteiger charge is 2.38. The number of methoxy groups -OCH3 is 1. The van der Waals surface area contributed by atoms with E-state index in [1.165, 1.54) is 4.31 Å². The lowest BCUT2D eigenvalue weighted by molar-refractivity contribution is -0.192. The number of sulfonamides is 1. The predicted molar refractivity (Wildman–Crippen MR) is 111 cm³/mol. The van der Waals surface area contributed by atoms with E-state index < -0.39 is 22.2 Å². The first-order valence-electron chi connectivity index (χ1n) is 9.72. The number of hydrogen-bond acceptors (Lipinski definition) is 6. The van der Waals surface area contributed by atoms with E-state index in [0.29, 0.717) is 44.9 Å². The number of carbonyl (C=O) groups is 2. The second-order valence-corrected chi connectivity index (χ2v) is 9.01. The van der Waals surface area contributed by atoms with Gasteiger partial charge in [-0.05, 0) is 19.1 Å². The van der Waals surface area contributed by atoms with Crippen molar-refractivity contribution in [2.45, 2.75) is 13.1 Å². The molecule has 0 spiro atoms. The number of carboxylic acid groups (broad SMARTS) is 1. The Labute approximate surface area is 185 Å². The Hall–Kier alpha value is -2.22. The van der Waals surface area contributed by atoms with Gasteiger partial charge in [0.1, 0.15) is 0 Å². The van der Waals surface area contributed by atoms with E-state index in [0.717, 1.165) is 5.56 Å². The minimum atomic E-state index is -5.08. The van der Waals surface area contributed by atoms with Gasteiger partial charge in [-0.15, -0.1) is 0 Å². The summed E-state index contributed by atoms with van der Waals surface area (Å²) in [6.07, 6.45) is -5.08. The average Bonchev–Trinajstić information content (AvgIpc) is 2.74. The van der Waals surface area contributed by atoms with E-state index >= 15 is 0 Å². The average molecular weight is 484 g/mol. The predicted octanol–water partition coefficient (Wildman–Crippen LogP) is 0.952. The Morgan fingerprint density at radius 1 is 1.16 bits per heavy atom. The molecule has 1 fully saturated rings. The molecule has 32 heavy (non-hydrogen) atoms. The number of piperazine rings is 1. The molecule has 0 atom stereocenters. The Balaban J connectivity index is 0.000000633. The second-order valence-electron chi connectivity index (χ2n) is 6.92. The zero-order chi connectivity index (χ0) is 24.4. The van der Waals surface area contributed by atoms with Gasteiger partial charge in [0.25, 0.3) is 5.91 Å². The van der Waals surface area contributed by atoms with E-state index in [4.69, 9.17) is 14.6 Å². The fraction of sp³-hybridized carbons (Fsp3) is 0.579. The van der Waals surface area contributed by atoms with Crippen LogP contribution in [-0.4, -0.2) is 99.5 Å². The smallest absolute Gasteiger partial charge is 0.475 e. The van der Waals surface area contributed by atoms with Crippen molar-refractivity contribution in [1.82, 2.24) is 14.5 Å². The molecule has 1 aliphatic rings. The Bertz CT molecular complexity index is 841. The first-order valence-corrected chi connectivity index (χ1v) is 11.3. The molecule has 1 amide bonds. The first-order chi connectivity index (χ1) is 14.9. The van der Waals surface area contributed by atoms with Gasteiger partial charge in [0.15, 0.2) is 0 Å². The minimum Gasteiger partial charge on any atom is -0.475 e. The molecule has 0 unspecified atom stereocenters. The summed E-state index contributed by atoms with van der Waals surface area (Å²) in [5, 5.41) is 10.3. The van der Waals surface area contributed by atoms with Gasteiger partial charge in [-0.3, -0.25) is 4.79 Å². The minimum absolute atomic E-state index is 0.0751. The fourth-order valence-electron chi connectivity index (χ4n) is 2.67. The standard InChI is InChI=1S/C17H27N3O4S.C2HF3O2/c1-15-3-5-16(6-4-15)17(21)19(11-13-24-2)12-14-25(22,23)20-9-7-18-8-10-20;3-2(4,5)1(6)7/h3-6,18H,7-14H2,1-2H3;(H,6,7). The van der Waals surface area contributed by atoms with Crippen LogP contribution < -0.4 is 5.32 Å². The summed E-state index contributed by atoms with van der Waals surface area (Å²) >= 11 is 0. The molecule has 0 bridgehead atoms. The Kier molecular flexibility index (Phi) is 11.1. The highest BCUT2D eigenvalue weighted by Crippen LogP contribution is 2.13. The summed E-state index contributed by atoms with van der Waals surface area (Å²) in [4.78, 5) is 23.2. The van der Waals surface area contributed by atoms with Crippen molar-refractivity contribution in [3.8, 4) is 0 Å². The number of nitrogens with one attached hydrogen (secondary N) is 1. The van der Waals surface area contributed by atoms with Crippen LogP contribution in [0.3, 0.4) is 0 Å². The maximum atomic E-state index is 12.7. The SMILES string of the molecule is COCCN(CCS(=O)(=O)N1CCNCC1)C(=O)c1ccc(C)cc1.O=C(O)C(F)(F)F. The molecule has 9 nitrogen and oxygen atoms in total. The summed E-state index contributed by atoms with van der Waals surface area (Å²) < 4.78 is 63.3. The summed E-state index contributed by atoms with van der Waals surface area (Å²) in [5.41, 5.74) is 1.63. The number of alkyl halides is 3. The molecule has 2 N–H and O–H groups in total. The lowest BCUT2D eigenvalue weighted by Crippen LogP contribution is -2.48. The lowest BCUT2D eigenvalue weighted by atomic mass is 10.1. The normalized spacial score (nSPS) is 14.9. The van der Waals surface area contributed by atoms with Crippen LogP contribution in [0, 0.1) is 6.92 Å². The summed E-state index contributed by atoms with van der Waals surface area (Å²) in [5.74, 6) is -3.01. The molecular weight excluding hydrogens is 455 g/mol. The fourth-order valence-corrected chi connectivity index (χ4v) is 4.12. The molecular formula is C19H28F3N3O6S. The van der Waals surface area contributed by atoms with Crippen LogP contribution in [-0.2, 0) is 19.6 Å². The van der Waals surface area contributed by atoms with E-state index in [2.05, 4.69) is 5.32 Å². The highest BCUT2D eigenvalue weighted by atomic mass is 32.2. The number of rotatable bonds is 8. The van der Waals surface area contributed by atoms with Crippen molar-refractivity contribution in [3.05, 3.63) is 35.4 Å². The van der Waals surface area contributed by atoms with E-state index in [-0.39, 0.29) is 18.2 Å². The molecule has 0 radical (unpaired) electrons. The molecule has 182 valence electrons. The summed E-state index contributed by atoms with van der Waals surface area (Å²) in [7, 11) is -1.81. The van der Waals surface area contributed by atoms with Crippen molar-refractivity contribution in [3.63, 3.8) is 0 Å². The highest BCUT2D eigenvalue weighted by molar-refractivity contribution is 7.89. The number of amides is 1. The van der Waals surface area contributed by atoms with Crippen LogP contribution in [0.2, 0.25) is 0 Å². The van der Waals surface area contributed by atoms with Gasteiger partial charge in [-0.25, -0.2) is 13.2 Å². The van der Waals surface area contributed by atoms with Crippen LogP contribution in [0.5, 0.6) is 0 Å². The Morgan fingerprint density at radius 3 is 2.16 bits per heavy atom. The Morgan fingerprint density at radius 2 is 1.69 bits per heavy atom. The molecule has 1 aromatic rings. The van der Waals surface area contributed by atoms with Crippen molar-refractivity contribution in [1.29, 1.82) is 0 Å². The van der Waals surface area contributed by atoms with Crippen LogP contribution in [0.4, 0.5) is 13.2 Å². The number of nitrogens with zero attached hydrogens (tertiary/aromatic N) is 2. The van der Waals surface area contributed by atoms with Crippen LogP contribution in [0.15, 0.2) is 24.3 Å². The topological polar surface area (TPSA) is 116 Å². The van der Waals surface area contributed by atoms with E-state index in [9.17, 15) is 26.4 Å². The number of ether oxygens (including phenoxy) is 1. The number of aryl methyl sites for hydroxylation is 1. The number of carboxylic acids is 1. The van der Waals surface area contributed by atoms with Gasteiger partial charge in [-0.1, -0.05) is 17.7 Å². The molecule has 0 aliphatic carbocycles. The number of benzene rings is 1. The second kappa shape index (κ2) is 12.7. The van der Waals surface area contributed by atoms with Gasteiger partial charge >= 0.3 is 12.1 Å². The molecule has 2 rings (SSSR count). The molecule has 1 aromatic carbocycles. The molecule has 13 heteroatoms. The van der Waals surface area contributed by atoms with Gasteiger partial charge in [0, 0.05) is 51.9 Å². The lowest BCUT2D eigenvalue weighted by Gasteiger charge is -2.28. The monoisotopic (exact) mass is 483 g/mol. The van der Waals surface area contributed by atoms with Gasteiger partial charge in [0.05, 0.1) is 12.4 Å². The number of hydrogen-bond donors (Lipinski definition) is 2. The maximum absolute atomic E-state index is 12.7. The van der Waals surface area contributed by atoms with Crippen molar-refractivity contribution < 1.29 is 41.0 Å². The third-order valence-electron chi connectivity index (χ3n) is 4.48. The quantitative estimate of drug-likeness (QED) is 0.566. The third kappa shape index (κ3) is 9.51. The number of carbonyl (C=O) groups excluding carboxylic acids is 1. The maximum Gasteiger partial charge on any atom is 0.490 e. The molecule has 1 aliphatic heterocycles. The first kappa shape index (κ1) is 27.8. The van der Waals surface area contributed by atoms with Gasteiger partial charge in [0.2, 0.25) is 10.0 Å². The van der Waals surface area contributed by atoms with E-state index in [1.807, 2.05) is 19.1 Å². The molecule has 0 aromatic heterocycles.